The largest absolute Gasteiger partial charge is 0.404 e. The van der Waals surface area contributed by atoms with Gasteiger partial charge in [0.1, 0.15) is 0 Å². The van der Waals surface area contributed by atoms with Crippen LogP contribution in [-0.4, -0.2) is 33.4 Å². The van der Waals surface area contributed by atoms with Gasteiger partial charge in [-0.05, 0) is 67.1 Å². The summed E-state index contributed by atoms with van der Waals surface area (Å²) in [6.07, 6.45) is -2.84. The first-order valence-electron chi connectivity index (χ1n) is 9.95. The Hall–Kier alpha value is -1.19. The van der Waals surface area contributed by atoms with Crippen LogP contribution >= 0.6 is 34.8 Å². The molecule has 0 aromatic heterocycles. The zero-order valence-electron chi connectivity index (χ0n) is 16.9. The highest BCUT2D eigenvalue weighted by Crippen LogP contribution is 2.41. The normalized spacial score (nSPS) is 19.9. The number of nitrogens with one attached hydrogen (secondary N) is 1. The van der Waals surface area contributed by atoms with Gasteiger partial charge in [0.25, 0.3) is 0 Å². The van der Waals surface area contributed by atoms with E-state index in [9.17, 15) is 21.6 Å². The zero-order chi connectivity index (χ0) is 23.5. The number of alkyl halides is 3. The molecule has 32 heavy (non-hydrogen) atoms. The lowest BCUT2D eigenvalue weighted by atomic mass is 9.86. The summed E-state index contributed by atoms with van der Waals surface area (Å²) in [4.78, 5) is 2.17. The summed E-state index contributed by atoms with van der Waals surface area (Å²) in [6.45, 7) is 0.538. The number of nitrogens with zero attached hydrogens (tertiary/aromatic N) is 1. The van der Waals surface area contributed by atoms with Crippen LogP contribution < -0.4 is 9.62 Å². The van der Waals surface area contributed by atoms with Gasteiger partial charge in [0.15, 0.2) is 5.75 Å². The van der Waals surface area contributed by atoms with Crippen LogP contribution in [-0.2, 0) is 10.0 Å². The van der Waals surface area contributed by atoms with Gasteiger partial charge < -0.3 is 4.90 Å². The van der Waals surface area contributed by atoms with Gasteiger partial charge in [0.05, 0.1) is 6.04 Å². The van der Waals surface area contributed by atoms with Crippen molar-refractivity contribution in [1.29, 1.82) is 0 Å². The minimum atomic E-state index is -4.77. The fourth-order valence-corrected chi connectivity index (χ4v) is 5.60. The van der Waals surface area contributed by atoms with Crippen LogP contribution in [0.25, 0.3) is 0 Å². The predicted molar refractivity (Wildman–Crippen MR) is 123 cm³/mol. The minimum absolute atomic E-state index is 0.0286. The Morgan fingerprint density at radius 1 is 1.00 bits per heavy atom. The molecule has 11 heteroatoms. The van der Waals surface area contributed by atoms with Crippen molar-refractivity contribution >= 4 is 50.5 Å². The number of anilines is 1. The van der Waals surface area contributed by atoms with Crippen molar-refractivity contribution in [3.05, 3.63) is 63.1 Å². The molecule has 2 aromatic rings. The average molecular weight is 530 g/mol. The highest BCUT2D eigenvalue weighted by Gasteiger charge is 2.35. The lowest BCUT2D eigenvalue weighted by Crippen LogP contribution is -2.40. The van der Waals surface area contributed by atoms with E-state index in [1.54, 1.807) is 24.3 Å². The molecule has 2 atom stereocenters. The van der Waals surface area contributed by atoms with Gasteiger partial charge in [-0.25, -0.2) is 13.1 Å². The molecular formula is C21H22Cl3F3N2O2S. The molecule has 0 bridgehead atoms. The number of sulfonamides is 1. The SMILES string of the molecule is O=S(=O)(CC(F)(F)F)NCC[C@@H]1CC[C@@H](c2ccc(Cl)cc2Cl)N(c2ccc(Cl)cc2)C1. The van der Waals surface area contributed by atoms with Crippen molar-refractivity contribution in [1.82, 2.24) is 4.72 Å². The summed E-state index contributed by atoms with van der Waals surface area (Å²) >= 11 is 18.5. The van der Waals surface area contributed by atoms with E-state index in [4.69, 9.17) is 34.8 Å². The van der Waals surface area contributed by atoms with Crippen LogP contribution in [0.5, 0.6) is 0 Å². The fourth-order valence-electron chi connectivity index (χ4n) is 3.98. The molecule has 1 fully saturated rings. The van der Waals surface area contributed by atoms with Crippen molar-refractivity contribution in [3.8, 4) is 0 Å². The van der Waals surface area contributed by atoms with E-state index < -0.39 is 22.0 Å². The molecule has 176 valence electrons. The third kappa shape index (κ3) is 7.15. The van der Waals surface area contributed by atoms with E-state index in [1.807, 2.05) is 18.2 Å². The number of rotatable bonds is 7. The molecule has 0 spiro atoms. The summed E-state index contributed by atoms with van der Waals surface area (Å²) in [5.41, 5.74) is 1.85. The number of piperidine rings is 1. The first kappa shape index (κ1) is 25.4. The highest BCUT2D eigenvalue weighted by molar-refractivity contribution is 7.89. The standard InChI is InChI=1S/C21H22Cl3F3N2O2S/c22-15-2-5-17(6-3-15)29-12-14(9-10-28-32(30,31)13-21(25,26)27)1-8-20(29)18-7-4-16(23)11-19(18)24/h2-7,11,14,20,28H,1,8-10,12-13H2/t14-,20-/m0/s1. The first-order valence-corrected chi connectivity index (χ1v) is 12.7. The van der Waals surface area contributed by atoms with E-state index in [0.29, 0.717) is 28.0 Å². The monoisotopic (exact) mass is 528 g/mol. The molecule has 1 aliphatic rings. The summed E-state index contributed by atoms with van der Waals surface area (Å²) in [6, 6.07) is 12.7. The second kappa shape index (κ2) is 10.4. The Morgan fingerprint density at radius 3 is 2.28 bits per heavy atom. The van der Waals surface area contributed by atoms with E-state index >= 15 is 0 Å². The van der Waals surface area contributed by atoms with Crippen molar-refractivity contribution in [2.75, 3.05) is 23.7 Å². The van der Waals surface area contributed by atoms with Gasteiger partial charge in [-0.15, -0.1) is 0 Å². The van der Waals surface area contributed by atoms with Crippen LogP contribution in [0.3, 0.4) is 0 Å². The lowest BCUT2D eigenvalue weighted by molar-refractivity contribution is -0.106. The third-order valence-corrected chi connectivity index (χ3v) is 7.55. The smallest absolute Gasteiger partial charge is 0.364 e. The Kier molecular flexibility index (Phi) is 8.25. The lowest BCUT2D eigenvalue weighted by Gasteiger charge is -2.42. The van der Waals surface area contributed by atoms with Gasteiger partial charge in [0, 0.05) is 33.8 Å². The molecule has 0 amide bonds. The van der Waals surface area contributed by atoms with E-state index in [2.05, 4.69) is 9.62 Å². The van der Waals surface area contributed by atoms with Crippen LogP contribution in [0.4, 0.5) is 18.9 Å². The quantitative estimate of drug-likeness (QED) is 0.447. The Bertz CT molecular complexity index is 1030. The number of hydrogen-bond acceptors (Lipinski definition) is 3. The maximum atomic E-state index is 12.4. The molecule has 0 aliphatic carbocycles. The van der Waals surface area contributed by atoms with Crippen LogP contribution in [0.2, 0.25) is 15.1 Å². The molecule has 0 radical (unpaired) electrons. The Morgan fingerprint density at radius 2 is 1.66 bits per heavy atom. The number of benzene rings is 2. The Labute approximate surface area is 200 Å². The van der Waals surface area contributed by atoms with E-state index in [-0.39, 0.29) is 18.5 Å². The molecule has 4 nitrogen and oxygen atoms in total. The minimum Gasteiger partial charge on any atom is -0.364 e. The fraction of sp³-hybridized carbons (Fsp3) is 0.429. The van der Waals surface area contributed by atoms with Crippen molar-refractivity contribution in [2.45, 2.75) is 31.5 Å². The van der Waals surface area contributed by atoms with Crippen molar-refractivity contribution < 1.29 is 21.6 Å². The van der Waals surface area contributed by atoms with E-state index in [0.717, 1.165) is 24.1 Å². The molecule has 3 rings (SSSR count). The van der Waals surface area contributed by atoms with Crippen molar-refractivity contribution in [3.63, 3.8) is 0 Å². The second-order valence-corrected chi connectivity index (χ2v) is 10.9. The molecular weight excluding hydrogens is 508 g/mol. The van der Waals surface area contributed by atoms with E-state index in [1.165, 1.54) is 0 Å². The van der Waals surface area contributed by atoms with Gasteiger partial charge in [0.2, 0.25) is 10.0 Å². The summed E-state index contributed by atoms with van der Waals surface area (Å²) in [5.74, 6) is -1.79. The average Bonchev–Trinajstić information content (AvgIpc) is 2.67. The molecule has 1 heterocycles. The van der Waals surface area contributed by atoms with Crippen LogP contribution in [0, 0.1) is 5.92 Å². The Balaban J connectivity index is 1.73. The summed E-state index contributed by atoms with van der Waals surface area (Å²) in [7, 11) is -4.41. The topological polar surface area (TPSA) is 49.4 Å². The molecule has 0 saturated carbocycles. The number of hydrogen-bond donors (Lipinski definition) is 1. The third-order valence-electron chi connectivity index (χ3n) is 5.39. The molecule has 1 saturated heterocycles. The van der Waals surface area contributed by atoms with Gasteiger partial charge in [-0.3, -0.25) is 0 Å². The predicted octanol–water partition coefficient (Wildman–Crippen LogP) is 6.48. The van der Waals surface area contributed by atoms with Crippen LogP contribution in [0.15, 0.2) is 42.5 Å². The maximum absolute atomic E-state index is 12.4. The molecule has 1 N–H and O–H groups in total. The first-order chi connectivity index (χ1) is 14.9. The van der Waals surface area contributed by atoms with Gasteiger partial charge in [-0.1, -0.05) is 40.9 Å². The zero-order valence-corrected chi connectivity index (χ0v) is 20.0. The van der Waals surface area contributed by atoms with Gasteiger partial charge >= 0.3 is 6.18 Å². The summed E-state index contributed by atoms with van der Waals surface area (Å²) < 4.78 is 62.5. The molecule has 0 unspecified atom stereocenters. The second-order valence-electron chi connectivity index (χ2n) is 7.81. The summed E-state index contributed by atoms with van der Waals surface area (Å²) in [5, 5.41) is 1.69. The molecule has 1 aliphatic heterocycles. The van der Waals surface area contributed by atoms with Gasteiger partial charge in [-0.2, -0.15) is 13.2 Å². The van der Waals surface area contributed by atoms with Crippen LogP contribution in [0.1, 0.15) is 30.9 Å². The highest BCUT2D eigenvalue weighted by atomic mass is 35.5. The molecule has 2 aromatic carbocycles. The van der Waals surface area contributed by atoms with Crippen molar-refractivity contribution in [2.24, 2.45) is 5.92 Å². The number of halogens is 6. The maximum Gasteiger partial charge on any atom is 0.404 e.